The van der Waals surface area contributed by atoms with Crippen LogP contribution < -0.4 is 4.74 Å². The van der Waals surface area contributed by atoms with Crippen molar-refractivity contribution in [1.29, 1.82) is 0 Å². The van der Waals surface area contributed by atoms with E-state index in [9.17, 15) is 14.7 Å². The fourth-order valence-corrected chi connectivity index (χ4v) is 2.98. The van der Waals surface area contributed by atoms with Crippen molar-refractivity contribution in [3.63, 3.8) is 0 Å². The number of aromatic carboxylic acids is 1. The topological polar surface area (TPSA) is 85.7 Å². The van der Waals surface area contributed by atoms with E-state index in [1.165, 1.54) is 0 Å². The molecule has 150 valence electrons. The molecule has 1 N–H and O–H groups in total. The summed E-state index contributed by atoms with van der Waals surface area (Å²) < 4.78 is 10.8. The zero-order valence-corrected chi connectivity index (χ0v) is 16.9. The van der Waals surface area contributed by atoms with Gasteiger partial charge in [-0.2, -0.15) is 0 Å². The summed E-state index contributed by atoms with van der Waals surface area (Å²) in [5.41, 5.74) is 1.79. The van der Waals surface area contributed by atoms with Crippen molar-refractivity contribution in [2.45, 2.75) is 33.3 Å². The van der Waals surface area contributed by atoms with E-state index in [1.54, 1.807) is 51.1 Å². The lowest BCUT2D eigenvalue weighted by molar-refractivity contribution is -0.158. The summed E-state index contributed by atoms with van der Waals surface area (Å²) in [6.07, 6.45) is 0. The highest BCUT2D eigenvalue weighted by molar-refractivity contribution is 5.99. The molecular weight excluding hydrogens is 370 g/mol. The maximum Gasteiger partial charge on any atom is 0.349 e. The standard InChI is InChI=1S/C23H23NO5/c1-5-28-22(27)23(3,4)29-17-10-8-15(9-11-17)20-18(21(25)26)13-16-7-6-14(2)12-19(16)24-20/h6-13H,5H2,1-4H3,(H,25,26). The first-order valence-corrected chi connectivity index (χ1v) is 9.32. The number of carbonyl (C=O) groups excluding carboxylic acids is 1. The van der Waals surface area contributed by atoms with E-state index in [2.05, 4.69) is 4.98 Å². The Morgan fingerprint density at radius 1 is 1.07 bits per heavy atom. The van der Waals surface area contributed by atoms with Crippen molar-refractivity contribution in [2.75, 3.05) is 6.61 Å². The van der Waals surface area contributed by atoms with E-state index in [0.29, 0.717) is 17.0 Å². The van der Waals surface area contributed by atoms with Gasteiger partial charge in [0.15, 0.2) is 5.60 Å². The Morgan fingerprint density at radius 3 is 2.38 bits per heavy atom. The summed E-state index contributed by atoms with van der Waals surface area (Å²) in [7, 11) is 0. The number of carboxylic acids is 1. The van der Waals surface area contributed by atoms with Gasteiger partial charge in [-0.25, -0.2) is 14.6 Å². The minimum Gasteiger partial charge on any atom is -0.478 e. The molecule has 0 radical (unpaired) electrons. The minimum atomic E-state index is -1.14. The van der Waals surface area contributed by atoms with Crippen molar-refractivity contribution < 1.29 is 24.2 Å². The molecule has 1 aromatic heterocycles. The first-order chi connectivity index (χ1) is 13.7. The molecule has 0 saturated carbocycles. The van der Waals surface area contributed by atoms with Crippen LogP contribution in [0.15, 0.2) is 48.5 Å². The lowest BCUT2D eigenvalue weighted by Gasteiger charge is -2.24. The number of hydrogen-bond donors (Lipinski definition) is 1. The normalized spacial score (nSPS) is 11.3. The fraction of sp³-hybridized carbons (Fsp3) is 0.261. The van der Waals surface area contributed by atoms with Gasteiger partial charge in [-0.05, 0) is 69.7 Å². The number of carbonyl (C=O) groups is 2. The number of hydrogen-bond acceptors (Lipinski definition) is 5. The number of rotatable bonds is 6. The van der Waals surface area contributed by atoms with E-state index >= 15 is 0 Å². The maximum atomic E-state index is 12.0. The van der Waals surface area contributed by atoms with E-state index in [0.717, 1.165) is 16.5 Å². The molecule has 2 aromatic carbocycles. The summed E-state index contributed by atoms with van der Waals surface area (Å²) in [6, 6.07) is 14.2. The van der Waals surface area contributed by atoms with Gasteiger partial charge in [0.05, 0.1) is 23.4 Å². The van der Waals surface area contributed by atoms with Crippen molar-refractivity contribution in [3.8, 4) is 17.0 Å². The van der Waals surface area contributed by atoms with Crippen LogP contribution in [0.1, 0.15) is 36.7 Å². The molecule has 0 aliphatic heterocycles. The largest absolute Gasteiger partial charge is 0.478 e. The third kappa shape index (κ3) is 4.37. The number of aromatic nitrogens is 1. The first kappa shape index (κ1) is 20.3. The summed E-state index contributed by atoms with van der Waals surface area (Å²) in [5, 5.41) is 10.4. The molecule has 0 atom stereocenters. The molecule has 0 amide bonds. The minimum absolute atomic E-state index is 0.127. The number of fused-ring (bicyclic) bond motifs is 1. The van der Waals surface area contributed by atoms with Gasteiger partial charge in [-0.15, -0.1) is 0 Å². The highest BCUT2D eigenvalue weighted by Gasteiger charge is 2.31. The number of carboxylic acid groups (broad SMARTS) is 1. The third-order valence-electron chi connectivity index (χ3n) is 4.47. The van der Waals surface area contributed by atoms with Gasteiger partial charge in [0.1, 0.15) is 5.75 Å². The molecular formula is C23H23NO5. The molecule has 0 aliphatic rings. The number of aryl methyl sites for hydroxylation is 1. The number of esters is 1. The number of nitrogens with zero attached hydrogens (tertiary/aromatic N) is 1. The number of benzene rings is 2. The van der Waals surface area contributed by atoms with Gasteiger partial charge in [-0.1, -0.05) is 12.1 Å². The molecule has 6 nitrogen and oxygen atoms in total. The Hall–Kier alpha value is -3.41. The third-order valence-corrected chi connectivity index (χ3v) is 4.47. The lowest BCUT2D eigenvalue weighted by atomic mass is 10.0. The summed E-state index contributed by atoms with van der Waals surface area (Å²) in [6.45, 7) is 7.24. The monoisotopic (exact) mass is 393 g/mol. The molecule has 0 saturated heterocycles. The number of ether oxygens (including phenoxy) is 2. The molecule has 1 heterocycles. The van der Waals surface area contributed by atoms with Crippen molar-refractivity contribution in [1.82, 2.24) is 4.98 Å². The molecule has 6 heteroatoms. The smallest absolute Gasteiger partial charge is 0.349 e. The van der Waals surface area contributed by atoms with Crippen LogP contribution in [-0.4, -0.2) is 34.2 Å². The van der Waals surface area contributed by atoms with Gasteiger partial charge in [0.25, 0.3) is 0 Å². The summed E-state index contributed by atoms with van der Waals surface area (Å²) >= 11 is 0. The molecule has 0 unspecified atom stereocenters. The molecule has 3 aromatic rings. The Balaban J connectivity index is 1.97. The lowest BCUT2D eigenvalue weighted by Crippen LogP contribution is -2.39. The van der Waals surface area contributed by atoms with Crippen LogP contribution in [0.4, 0.5) is 0 Å². The summed E-state index contributed by atoms with van der Waals surface area (Å²) in [5.74, 6) is -1.03. The molecule has 3 rings (SSSR count). The quantitative estimate of drug-likeness (QED) is 0.615. The van der Waals surface area contributed by atoms with Crippen LogP contribution in [-0.2, 0) is 9.53 Å². The van der Waals surface area contributed by atoms with Gasteiger partial charge >= 0.3 is 11.9 Å². The summed E-state index contributed by atoms with van der Waals surface area (Å²) in [4.78, 5) is 28.4. The van der Waals surface area contributed by atoms with Crippen LogP contribution in [0.3, 0.4) is 0 Å². The highest BCUT2D eigenvalue weighted by atomic mass is 16.6. The first-order valence-electron chi connectivity index (χ1n) is 9.32. The van der Waals surface area contributed by atoms with Gasteiger partial charge in [-0.3, -0.25) is 0 Å². The predicted octanol–water partition coefficient (Wildman–Crippen LogP) is 4.63. The SMILES string of the molecule is CCOC(=O)C(C)(C)Oc1ccc(-c2nc3cc(C)ccc3cc2C(=O)O)cc1. The predicted molar refractivity (Wildman–Crippen MR) is 110 cm³/mol. The average molecular weight is 393 g/mol. The van der Waals surface area contributed by atoms with E-state index in [-0.39, 0.29) is 12.2 Å². The second kappa shape index (κ2) is 7.91. The van der Waals surface area contributed by atoms with Crippen molar-refractivity contribution in [2.24, 2.45) is 0 Å². The van der Waals surface area contributed by atoms with Gasteiger partial charge < -0.3 is 14.6 Å². The van der Waals surface area contributed by atoms with E-state index in [4.69, 9.17) is 9.47 Å². The molecule has 0 bridgehead atoms. The average Bonchev–Trinajstić information content (AvgIpc) is 2.67. The van der Waals surface area contributed by atoms with Crippen LogP contribution in [0, 0.1) is 6.92 Å². The Bertz CT molecular complexity index is 1070. The molecule has 0 fully saturated rings. The fourth-order valence-electron chi connectivity index (χ4n) is 2.98. The van der Waals surface area contributed by atoms with Crippen molar-refractivity contribution in [3.05, 3.63) is 59.7 Å². The molecule has 0 aliphatic carbocycles. The number of pyridine rings is 1. The zero-order chi connectivity index (χ0) is 21.2. The van der Waals surface area contributed by atoms with Gasteiger partial charge in [0.2, 0.25) is 0 Å². The zero-order valence-electron chi connectivity index (χ0n) is 16.9. The highest BCUT2D eigenvalue weighted by Crippen LogP contribution is 2.29. The molecule has 29 heavy (non-hydrogen) atoms. The van der Waals surface area contributed by atoms with Crippen LogP contribution in [0.25, 0.3) is 22.2 Å². The van der Waals surface area contributed by atoms with Crippen LogP contribution >= 0.6 is 0 Å². The second-order valence-corrected chi connectivity index (χ2v) is 7.24. The second-order valence-electron chi connectivity index (χ2n) is 7.24. The van der Waals surface area contributed by atoms with Gasteiger partial charge in [0, 0.05) is 10.9 Å². The van der Waals surface area contributed by atoms with Crippen LogP contribution in [0.2, 0.25) is 0 Å². The van der Waals surface area contributed by atoms with E-state index < -0.39 is 17.5 Å². The van der Waals surface area contributed by atoms with Crippen LogP contribution in [0.5, 0.6) is 5.75 Å². The Kier molecular flexibility index (Phi) is 5.55. The Labute approximate surface area is 169 Å². The Morgan fingerprint density at radius 2 is 1.76 bits per heavy atom. The van der Waals surface area contributed by atoms with Crippen molar-refractivity contribution >= 4 is 22.8 Å². The van der Waals surface area contributed by atoms with E-state index in [1.807, 2.05) is 25.1 Å². The molecule has 0 spiro atoms. The maximum absolute atomic E-state index is 12.0.